The van der Waals surface area contributed by atoms with Crippen LogP contribution in [0.2, 0.25) is 0 Å². The van der Waals surface area contributed by atoms with E-state index >= 15 is 0 Å². The van der Waals surface area contributed by atoms with Crippen LogP contribution in [0.4, 0.5) is 11.6 Å². The first-order valence-electron chi connectivity index (χ1n) is 3.88. The van der Waals surface area contributed by atoms with Crippen molar-refractivity contribution in [3.8, 4) is 0 Å². The van der Waals surface area contributed by atoms with Crippen molar-refractivity contribution in [3.63, 3.8) is 0 Å². The average molecular weight is 180 g/mol. The van der Waals surface area contributed by atoms with Crippen molar-refractivity contribution in [1.82, 2.24) is 10.2 Å². The first kappa shape index (κ1) is 9.44. The van der Waals surface area contributed by atoms with E-state index < -0.39 is 0 Å². The summed E-state index contributed by atoms with van der Waals surface area (Å²) < 4.78 is 0. The number of rotatable bonds is 2. The largest absolute Gasteiger partial charge is 0.361 e. The van der Waals surface area contributed by atoms with Crippen molar-refractivity contribution in [2.24, 2.45) is 0 Å². The molecule has 5 heteroatoms. The molecule has 5 nitrogen and oxygen atoms in total. The number of amides is 1. The van der Waals surface area contributed by atoms with E-state index in [1.165, 1.54) is 6.92 Å². The van der Waals surface area contributed by atoms with E-state index in [1.807, 2.05) is 19.0 Å². The molecule has 0 aliphatic carbocycles. The van der Waals surface area contributed by atoms with Crippen LogP contribution in [0.25, 0.3) is 0 Å². The normalized spacial score (nSPS) is 9.46. The predicted octanol–water partition coefficient (Wildman–Crippen LogP) is 0.501. The molecule has 1 amide bonds. The van der Waals surface area contributed by atoms with Gasteiger partial charge in [0.2, 0.25) is 5.91 Å². The lowest BCUT2D eigenvalue weighted by molar-refractivity contribution is -0.114. The molecule has 0 aliphatic heterocycles. The lowest BCUT2D eigenvalue weighted by atomic mass is 10.4. The Kier molecular flexibility index (Phi) is 2.79. The standard InChI is InChI=1S/C8H12N4O/c1-6(13)9-7-4-5-8(11-10-7)12(2)3/h4-5H,1-3H3,(H,9,10,13). The number of hydrogen-bond acceptors (Lipinski definition) is 4. The van der Waals surface area contributed by atoms with Crippen molar-refractivity contribution < 1.29 is 4.79 Å². The quantitative estimate of drug-likeness (QED) is 0.720. The molecule has 0 saturated carbocycles. The Balaban J connectivity index is 2.75. The van der Waals surface area contributed by atoms with E-state index in [4.69, 9.17) is 0 Å². The summed E-state index contributed by atoms with van der Waals surface area (Å²) in [6.45, 7) is 1.43. The van der Waals surface area contributed by atoms with E-state index in [0.717, 1.165) is 5.82 Å². The van der Waals surface area contributed by atoms with Crippen molar-refractivity contribution in [3.05, 3.63) is 12.1 Å². The molecule has 1 rings (SSSR count). The highest BCUT2D eigenvalue weighted by Gasteiger charge is 1.99. The molecule has 0 bridgehead atoms. The van der Waals surface area contributed by atoms with Crippen LogP contribution in [0.1, 0.15) is 6.92 Å². The molecule has 0 spiro atoms. The van der Waals surface area contributed by atoms with Gasteiger partial charge in [-0.2, -0.15) is 0 Å². The third kappa shape index (κ3) is 2.70. The topological polar surface area (TPSA) is 58.1 Å². The summed E-state index contributed by atoms with van der Waals surface area (Å²) in [5.41, 5.74) is 0. The molecule has 13 heavy (non-hydrogen) atoms. The fourth-order valence-corrected chi connectivity index (χ4v) is 0.811. The van der Waals surface area contributed by atoms with Gasteiger partial charge in [0.25, 0.3) is 0 Å². The Bertz CT molecular complexity index is 294. The van der Waals surface area contributed by atoms with Gasteiger partial charge in [-0.3, -0.25) is 4.79 Å². The van der Waals surface area contributed by atoms with E-state index in [-0.39, 0.29) is 5.91 Å². The number of aromatic nitrogens is 2. The third-order valence-electron chi connectivity index (χ3n) is 1.41. The maximum Gasteiger partial charge on any atom is 0.222 e. The van der Waals surface area contributed by atoms with Crippen LogP contribution in [0, 0.1) is 0 Å². The first-order chi connectivity index (χ1) is 6.09. The Morgan fingerprint density at radius 2 is 2.08 bits per heavy atom. The van der Waals surface area contributed by atoms with Crippen molar-refractivity contribution in [2.45, 2.75) is 6.92 Å². The fourth-order valence-electron chi connectivity index (χ4n) is 0.811. The highest BCUT2D eigenvalue weighted by atomic mass is 16.1. The molecule has 1 aromatic heterocycles. The number of anilines is 2. The zero-order valence-corrected chi connectivity index (χ0v) is 7.90. The molecule has 0 fully saturated rings. The van der Waals surface area contributed by atoms with Crippen LogP contribution >= 0.6 is 0 Å². The van der Waals surface area contributed by atoms with E-state index in [9.17, 15) is 4.79 Å². The lowest BCUT2D eigenvalue weighted by Gasteiger charge is -2.09. The summed E-state index contributed by atoms with van der Waals surface area (Å²) >= 11 is 0. The minimum Gasteiger partial charge on any atom is -0.361 e. The number of carbonyl (C=O) groups is 1. The van der Waals surface area contributed by atoms with Crippen LogP contribution in [-0.4, -0.2) is 30.2 Å². The van der Waals surface area contributed by atoms with E-state index in [0.29, 0.717) is 5.82 Å². The molecule has 0 saturated heterocycles. The Morgan fingerprint density at radius 3 is 2.46 bits per heavy atom. The van der Waals surface area contributed by atoms with Crippen LogP contribution in [0.15, 0.2) is 12.1 Å². The van der Waals surface area contributed by atoms with Crippen LogP contribution in [0.5, 0.6) is 0 Å². The monoisotopic (exact) mass is 180 g/mol. The highest BCUT2D eigenvalue weighted by molar-refractivity contribution is 5.87. The minimum atomic E-state index is -0.146. The van der Waals surface area contributed by atoms with Gasteiger partial charge < -0.3 is 10.2 Å². The zero-order chi connectivity index (χ0) is 9.84. The van der Waals surface area contributed by atoms with E-state index in [2.05, 4.69) is 15.5 Å². The van der Waals surface area contributed by atoms with Gasteiger partial charge in [0.05, 0.1) is 0 Å². The summed E-state index contributed by atoms with van der Waals surface area (Å²) in [7, 11) is 3.75. The number of carbonyl (C=O) groups excluding carboxylic acids is 1. The molecule has 0 unspecified atom stereocenters. The van der Waals surface area contributed by atoms with Gasteiger partial charge in [-0.25, -0.2) is 0 Å². The molecule has 1 heterocycles. The van der Waals surface area contributed by atoms with Crippen molar-refractivity contribution in [2.75, 3.05) is 24.3 Å². The molecule has 0 aromatic carbocycles. The van der Waals surface area contributed by atoms with Crippen molar-refractivity contribution >= 4 is 17.5 Å². The lowest BCUT2D eigenvalue weighted by Crippen LogP contribution is -2.13. The molecule has 0 radical (unpaired) electrons. The molecular weight excluding hydrogens is 168 g/mol. The van der Waals surface area contributed by atoms with Crippen LogP contribution < -0.4 is 10.2 Å². The van der Waals surface area contributed by atoms with Gasteiger partial charge >= 0.3 is 0 Å². The summed E-state index contributed by atoms with van der Waals surface area (Å²) in [6, 6.07) is 3.50. The van der Waals surface area contributed by atoms with Gasteiger partial charge in [0.15, 0.2) is 11.6 Å². The fraction of sp³-hybridized carbons (Fsp3) is 0.375. The van der Waals surface area contributed by atoms with Gasteiger partial charge in [-0.05, 0) is 12.1 Å². The molecular formula is C8H12N4O. The SMILES string of the molecule is CC(=O)Nc1ccc(N(C)C)nn1. The molecule has 1 aromatic rings. The minimum absolute atomic E-state index is 0.146. The van der Waals surface area contributed by atoms with Gasteiger partial charge in [-0.15, -0.1) is 10.2 Å². The Hall–Kier alpha value is -1.65. The summed E-state index contributed by atoms with van der Waals surface area (Å²) in [6.07, 6.45) is 0. The van der Waals surface area contributed by atoms with Gasteiger partial charge in [0.1, 0.15) is 0 Å². The van der Waals surface area contributed by atoms with Gasteiger partial charge in [-0.1, -0.05) is 0 Å². The van der Waals surface area contributed by atoms with Gasteiger partial charge in [0, 0.05) is 21.0 Å². The smallest absolute Gasteiger partial charge is 0.222 e. The Morgan fingerprint density at radius 1 is 1.38 bits per heavy atom. The average Bonchev–Trinajstić information content (AvgIpc) is 2.04. The first-order valence-corrected chi connectivity index (χ1v) is 3.88. The molecule has 0 aliphatic rings. The number of nitrogens with one attached hydrogen (secondary N) is 1. The predicted molar refractivity (Wildman–Crippen MR) is 50.7 cm³/mol. The summed E-state index contributed by atoms with van der Waals surface area (Å²) in [5.74, 6) is 1.08. The maximum absolute atomic E-state index is 10.6. The third-order valence-corrected chi connectivity index (χ3v) is 1.41. The van der Waals surface area contributed by atoms with E-state index in [1.54, 1.807) is 12.1 Å². The summed E-state index contributed by atoms with van der Waals surface area (Å²) in [4.78, 5) is 12.5. The molecule has 0 atom stereocenters. The Labute approximate surface area is 76.8 Å². The number of nitrogens with zero attached hydrogens (tertiary/aromatic N) is 3. The molecule has 1 N–H and O–H groups in total. The van der Waals surface area contributed by atoms with Crippen LogP contribution in [-0.2, 0) is 4.79 Å². The number of hydrogen-bond donors (Lipinski definition) is 1. The van der Waals surface area contributed by atoms with Crippen LogP contribution in [0.3, 0.4) is 0 Å². The summed E-state index contributed by atoms with van der Waals surface area (Å²) in [5, 5.41) is 10.2. The second kappa shape index (κ2) is 3.84. The highest BCUT2D eigenvalue weighted by Crippen LogP contribution is 2.07. The maximum atomic E-state index is 10.6. The second-order valence-corrected chi connectivity index (χ2v) is 2.85. The molecule has 70 valence electrons. The second-order valence-electron chi connectivity index (χ2n) is 2.85. The van der Waals surface area contributed by atoms with Crippen molar-refractivity contribution in [1.29, 1.82) is 0 Å². The zero-order valence-electron chi connectivity index (χ0n) is 7.90.